The molecule has 0 unspecified atom stereocenters. The summed E-state index contributed by atoms with van der Waals surface area (Å²) in [7, 11) is 0. The number of amides is 1. The van der Waals surface area contributed by atoms with Crippen molar-refractivity contribution in [1.29, 1.82) is 0 Å². The van der Waals surface area contributed by atoms with Crippen LogP contribution in [0.2, 0.25) is 0 Å². The van der Waals surface area contributed by atoms with Gasteiger partial charge in [-0.1, -0.05) is 18.7 Å². The van der Waals surface area contributed by atoms with Gasteiger partial charge in [-0.25, -0.2) is 0 Å². The number of phenolic OH excluding ortho intramolecular Hbond substituents is 1. The third kappa shape index (κ3) is 5.03. The Labute approximate surface area is 108 Å². The molecular formula is C13H14F3NO2. The van der Waals surface area contributed by atoms with Crippen LogP contribution in [0.4, 0.5) is 13.2 Å². The maximum absolute atomic E-state index is 11.9. The van der Waals surface area contributed by atoms with Crippen molar-refractivity contribution in [2.24, 2.45) is 0 Å². The summed E-state index contributed by atoms with van der Waals surface area (Å²) in [6, 6.07) is 6.44. The van der Waals surface area contributed by atoms with Crippen molar-refractivity contribution >= 4 is 11.5 Å². The van der Waals surface area contributed by atoms with Crippen LogP contribution >= 0.6 is 0 Å². The molecule has 0 aromatic heterocycles. The molecule has 0 atom stereocenters. The molecule has 1 rings (SSSR count). The normalized spacial score (nSPS) is 11.1. The molecule has 0 saturated heterocycles. The highest BCUT2D eigenvalue weighted by molar-refractivity contribution is 5.81. The molecule has 6 heteroatoms. The van der Waals surface area contributed by atoms with E-state index in [2.05, 4.69) is 6.58 Å². The van der Waals surface area contributed by atoms with Crippen molar-refractivity contribution in [3.05, 3.63) is 36.4 Å². The van der Waals surface area contributed by atoms with Gasteiger partial charge in [0.2, 0.25) is 0 Å². The van der Waals surface area contributed by atoms with Crippen LogP contribution in [-0.4, -0.2) is 23.7 Å². The second-order valence-corrected chi connectivity index (χ2v) is 4.01. The van der Waals surface area contributed by atoms with Crippen molar-refractivity contribution in [1.82, 2.24) is 5.32 Å². The van der Waals surface area contributed by atoms with Gasteiger partial charge in [-0.15, -0.1) is 0 Å². The monoisotopic (exact) mass is 273 g/mol. The van der Waals surface area contributed by atoms with Crippen LogP contribution in [0, 0.1) is 0 Å². The van der Waals surface area contributed by atoms with Crippen molar-refractivity contribution in [2.45, 2.75) is 19.0 Å². The molecule has 0 fully saturated rings. The van der Waals surface area contributed by atoms with E-state index in [4.69, 9.17) is 0 Å². The molecule has 0 bridgehead atoms. The molecule has 0 aliphatic rings. The molecule has 1 aromatic carbocycles. The fraction of sp³-hybridized carbons (Fsp3) is 0.308. The number of aromatic hydroxyl groups is 1. The van der Waals surface area contributed by atoms with E-state index in [-0.39, 0.29) is 12.3 Å². The number of hydrogen-bond acceptors (Lipinski definition) is 2. The molecular weight excluding hydrogens is 259 g/mol. The highest BCUT2D eigenvalue weighted by Gasteiger charge is 2.38. The first-order chi connectivity index (χ1) is 8.80. The first-order valence-electron chi connectivity index (χ1n) is 5.63. The average molecular weight is 273 g/mol. The lowest BCUT2D eigenvalue weighted by atomic mass is 10.0. The zero-order chi connectivity index (χ0) is 14.5. The summed E-state index contributed by atoms with van der Waals surface area (Å²) in [4.78, 5) is 10.5. The van der Waals surface area contributed by atoms with E-state index in [1.807, 2.05) is 0 Å². The number of carbonyl (C=O) groups excluding carboxylic acids is 1. The minimum atomic E-state index is -4.85. The van der Waals surface area contributed by atoms with E-state index in [1.165, 1.54) is 12.1 Å². The van der Waals surface area contributed by atoms with Gasteiger partial charge in [0.05, 0.1) is 0 Å². The minimum absolute atomic E-state index is 0.0732. The third-order valence-corrected chi connectivity index (χ3v) is 2.45. The second-order valence-electron chi connectivity index (χ2n) is 4.01. The molecule has 0 radical (unpaired) electrons. The van der Waals surface area contributed by atoms with E-state index in [9.17, 15) is 23.1 Å². The lowest BCUT2D eigenvalue weighted by Crippen LogP contribution is -2.37. The Bertz CT molecular complexity index is 469. The summed E-state index contributed by atoms with van der Waals surface area (Å²) < 4.78 is 35.7. The van der Waals surface area contributed by atoms with Gasteiger partial charge in [0.25, 0.3) is 0 Å². The second kappa shape index (κ2) is 6.26. The molecule has 0 heterocycles. The first kappa shape index (κ1) is 15.1. The van der Waals surface area contributed by atoms with Crippen LogP contribution in [0.15, 0.2) is 30.8 Å². The molecule has 1 aromatic rings. The van der Waals surface area contributed by atoms with Crippen LogP contribution in [0.5, 0.6) is 5.75 Å². The summed E-state index contributed by atoms with van der Waals surface area (Å²) in [5.74, 6) is -1.83. The molecule has 0 spiro atoms. The van der Waals surface area contributed by atoms with Gasteiger partial charge in [0, 0.05) is 6.54 Å². The highest BCUT2D eigenvalue weighted by atomic mass is 19.4. The van der Waals surface area contributed by atoms with Crippen molar-refractivity contribution in [2.75, 3.05) is 6.54 Å². The van der Waals surface area contributed by atoms with Crippen LogP contribution in [0.3, 0.4) is 0 Å². The first-order valence-corrected chi connectivity index (χ1v) is 5.63. The van der Waals surface area contributed by atoms with E-state index < -0.39 is 12.1 Å². The fourth-order valence-corrected chi connectivity index (χ4v) is 1.47. The highest BCUT2D eigenvalue weighted by Crippen LogP contribution is 2.21. The van der Waals surface area contributed by atoms with E-state index in [0.717, 1.165) is 5.56 Å². The number of hydrogen-bond donors (Lipinski definition) is 2. The van der Waals surface area contributed by atoms with E-state index in [0.29, 0.717) is 18.4 Å². The number of carbonyl (C=O) groups is 1. The Balaban J connectivity index is 2.34. The third-order valence-electron chi connectivity index (χ3n) is 2.45. The topological polar surface area (TPSA) is 49.3 Å². The van der Waals surface area contributed by atoms with Gasteiger partial charge in [0.1, 0.15) is 5.75 Å². The Morgan fingerprint density at radius 1 is 1.37 bits per heavy atom. The largest absolute Gasteiger partial charge is 0.508 e. The number of halogens is 3. The Morgan fingerprint density at radius 3 is 2.63 bits per heavy atom. The fourth-order valence-electron chi connectivity index (χ4n) is 1.47. The summed E-state index contributed by atoms with van der Waals surface area (Å²) in [6.45, 7) is 3.71. The maximum atomic E-state index is 11.9. The molecule has 2 N–H and O–H groups in total. The van der Waals surface area contributed by atoms with Crippen LogP contribution < -0.4 is 5.32 Å². The number of nitrogens with one attached hydrogen (secondary N) is 1. The lowest BCUT2D eigenvalue weighted by molar-refractivity contribution is -0.173. The number of rotatable bonds is 5. The molecule has 1 amide bonds. The quantitative estimate of drug-likeness (QED) is 0.810. The lowest BCUT2D eigenvalue weighted by Gasteiger charge is -2.09. The van der Waals surface area contributed by atoms with Crippen molar-refractivity contribution in [3.8, 4) is 5.75 Å². The van der Waals surface area contributed by atoms with Crippen LogP contribution in [0.1, 0.15) is 18.4 Å². The predicted molar refractivity (Wildman–Crippen MR) is 65.4 cm³/mol. The number of phenols is 1. The summed E-state index contributed by atoms with van der Waals surface area (Å²) in [5.41, 5.74) is 1.42. The molecule has 19 heavy (non-hydrogen) atoms. The summed E-state index contributed by atoms with van der Waals surface area (Å²) in [5, 5.41) is 11.1. The predicted octanol–water partition coefficient (Wildman–Crippen LogP) is 2.86. The standard InChI is InChI=1S/C13H14F3NO2/c1-9(10-5-2-6-11(18)8-10)4-3-7-17-12(19)13(14,15)16/h2,5-6,8,18H,1,3-4,7H2,(H,17,19). The maximum Gasteiger partial charge on any atom is 0.471 e. The molecule has 104 valence electrons. The van der Waals surface area contributed by atoms with Crippen molar-refractivity contribution in [3.63, 3.8) is 0 Å². The van der Waals surface area contributed by atoms with E-state index in [1.54, 1.807) is 17.4 Å². The van der Waals surface area contributed by atoms with Crippen molar-refractivity contribution < 1.29 is 23.1 Å². The average Bonchev–Trinajstić information content (AvgIpc) is 2.32. The van der Waals surface area contributed by atoms with Gasteiger partial charge in [-0.2, -0.15) is 13.2 Å². The molecule has 0 saturated carbocycles. The Kier molecular flexibility index (Phi) is 4.97. The molecule has 0 aliphatic carbocycles. The smallest absolute Gasteiger partial charge is 0.471 e. The Morgan fingerprint density at radius 2 is 2.05 bits per heavy atom. The number of benzene rings is 1. The van der Waals surface area contributed by atoms with Crippen LogP contribution in [0.25, 0.3) is 5.57 Å². The summed E-state index contributed by atoms with van der Waals surface area (Å²) in [6.07, 6.45) is -4.07. The number of allylic oxidation sites excluding steroid dienone is 1. The Hall–Kier alpha value is -1.98. The van der Waals surface area contributed by atoms with Crippen LogP contribution in [-0.2, 0) is 4.79 Å². The number of alkyl halides is 3. The van der Waals surface area contributed by atoms with Gasteiger partial charge in [0.15, 0.2) is 0 Å². The molecule has 0 aliphatic heterocycles. The summed E-state index contributed by atoms with van der Waals surface area (Å²) >= 11 is 0. The minimum Gasteiger partial charge on any atom is -0.508 e. The molecule has 3 nitrogen and oxygen atoms in total. The zero-order valence-electron chi connectivity index (χ0n) is 10.1. The SMILES string of the molecule is C=C(CCCNC(=O)C(F)(F)F)c1cccc(O)c1. The van der Waals surface area contributed by atoms with Gasteiger partial charge < -0.3 is 10.4 Å². The van der Waals surface area contributed by atoms with Gasteiger partial charge >= 0.3 is 12.1 Å². The zero-order valence-corrected chi connectivity index (χ0v) is 10.1. The van der Waals surface area contributed by atoms with Gasteiger partial charge in [-0.05, 0) is 36.1 Å². The van der Waals surface area contributed by atoms with Gasteiger partial charge in [-0.3, -0.25) is 4.79 Å². The van der Waals surface area contributed by atoms with E-state index >= 15 is 0 Å².